The van der Waals surface area contributed by atoms with E-state index in [4.69, 9.17) is 4.98 Å². The molecule has 5 nitrogen and oxygen atoms in total. The van der Waals surface area contributed by atoms with Crippen LogP contribution in [0.2, 0.25) is 0 Å². The van der Waals surface area contributed by atoms with Gasteiger partial charge in [-0.3, -0.25) is 4.90 Å². The van der Waals surface area contributed by atoms with Crippen LogP contribution in [-0.2, 0) is 6.54 Å². The van der Waals surface area contributed by atoms with Gasteiger partial charge in [-0.25, -0.2) is 4.98 Å². The molecular weight excluding hydrogens is 521 g/mol. The summed E-state index contributed by atoms with van der Waals surface area (Å²) in [6.45, 7) is 4.29. The summed E-state index contributed by atoms with van der Waals surface area (Å²) in [5.41, 5.74) is 4.64. The Balaban J connectivity index is 1.58. The number of aromatic nitrogens is 2. The maximum absolute atomic E-state index is 13.2. The third-order valence-electron chi connectivity index (χ3n) is 6.82. The molecule has 38 heavy (non-hydrogen) atoms. The van der Waals surface area contributed by atoms with Crippen molar-refractivity contribution in [3.8, 4) is 28.5 Å². The number of rotatable bonds is 5. The number of halogens is 5. The number of nitriles is 1. The topological polar surface area (TPSA) is 47.6 Å². The molecule has 2 aromatic carbocycles. The molecule has 3 heterocycles. The molecule has 11 heteroatoms. The first-order chi connectivity index (χ1) is 17.8. The fraction of sp³-hybridized carbons (Fsp3) is 0.259. The molecule has 2 aromatic heterocycles. The third kappa shape index (κ3) is 5.53. The predicted octanol–water partition coefficient (Wildman–Crippen LogP) is 7.33. The molecule has 0 bridgehead atoms. The van der Waals surface area contributed by atoms with E-state index in [1.54, 1.807) is 30.5 Å². The van der Waals surface area contributed by atoms with Crippen LogP contribution in [0.3, 0.4) is 0 Å². The molecule has 0 amide bonds. The molecule has 4 aromatic rings. The number of nitrogens with zero attached hydrogens (tertiary/aromatic N) is 5. The van der Waals surface area contributed by atoms with Gasteiger partial charge in [0.05, 0.1) is 23.0 Å². The van der Waals surface area contributed by atoms with Crippen LogP contribution in [0.25, 0.3) is 28.0 Å². The second kappa shape index (κ2) is 8.80. The van der Waals surface area contributed by atoms with E-state index in [2.05, 4.69) is 22.9 Å². The summed E-state index contributed by atoms with van der Waals surface area (Å²) in [5.74, 6) is 0. The first-order valence-corrected chi connectivity index (χ1v) is 14.0. The highest BCUT2D eigenvalue weighted by molar-refractivity contribution is 8.45. The lowest BCUT2D eigenvalue weighted by Gasteiger charge is -2.40. The minimum absolute atomic E-state index is 0.383. The van der Waals surface area contributed by atoms with Crippen LogP contribution in [0.4, 0.5) is 19.4 Å². The van der Waals surface area contributed by atoms with Crippen LogP contribution in [0.5, 0.6) is 0 Å². The zero-order valence-electron chi connectivity index (χ0n) is 20.6. The van der Waals surface area contributed by atoms with Gasteiger partial charge in [-0.05, 0) is 74.1 Å². The fourth-order valence-corrected chi connectivity index (χ4v) is 5.37. The quantitative estimate of drug-likeness (QED) is 0.246. The minimum atomic E-state index is -9.74. The molecule has 0 radical (unpaired) electrons. The van der Waals surface area contributed by atoms with Crippen molar-refractivity contribution in [3.63, 3.8) is 0 Å². The zero-order chi connectivity index (χ0) is 27.2. The second-order valence-electron chi connectivity index (χ2n) is 9.67. The third-order valence-corrected chi connectivity index (χ3v) is 7.99. The van der Waals surface area contributed by atoms with E-state index >= 15 is 0 Å². The molecule has 0 aliphatic carbocycles. The highest BCUT2D eigenvalue weighted by Gasteiger charge is 2.65. The van der Waals surface area contributed by atoms with Gasteiger partial charge < -0.3 is 9.30 Å². The number of pyridine rings is 1. The van der Waals surface area contributed by atoms with E-state index in [0.717, 1.165) is 61.7 Å². The molecule has 1 fully saturated rings. The van der Waals surface area contributed by atoms with Crippen LogP contribution >= 0.6 is 10.2 Å². The van der Waals surface area contributed by atoms with Gasteiger partial charge in [0, 0.05) is 31.4 Å². The Morgan fingerprint density at radius 2 is 1.47 bits per heavy atom. The lowest BCUT2D eigenvalue weighted by molar-refractivity contribution is 0.266. The van der Waals surface area contributed by atoms with Crippen molar-refractivity contribution >= 4 is 15.9 Å². The van der Waals surface area contributed by atoms with Gasteiger partial charge in [0.1, 0.15) is 10.5 Å². The molecule has 0 saturated carbocycles. The number of fused-ring (bicyclic) bond motifs is 1. The minimum Gasteiger partial charge on any atom is -0.305 e. The van der Waals surface area contributed by atoms with Crippen molar-refractivity contribution in [2.45, 2.75) is 17.9 Å². The second-order valence-corrected chi connectivity index (χ2v) is 12.1. The number of hydrogen-bond acceptors (Lipinski definition) is 4. The number of imidazole rings is 1. The summed E-state index contributed by atoms with van der Waals surface area (Å²) < 4.78 is 67.9. The molecular formula is C27H26F5N5S. The highest BCUT2D eigenvalue weighted by Crippen LogP contribution is 3.02. The standard InChI is InChI=1S/C27H26F5N5S/c1-35-13-2-14-36(16-15-35)19-25-27(22-5-3-20(17-33)4-6-22)34-26-12-9-23(18-37(25)26)21-7-10-24(11-8-21)38(28,29,30,31)32/h3-12,18H,2,13-16,19H2,1H3. The SMILES string of the molecule is CN1CCCN(Cc2c(-c3ccc(C#N)cc3)nc3ccc(-c4ccc(S(F)(F)(F)(F)F)cc4)cn23)CC1. The first-order valence-electron chi connectivity index (χ1n) is 12.1. The molecule has 1 aliphatic rings. The molecule has 1 aliphatic heterocycles. The average molecular weight is 548 g/mol. The summed E-state index contributed by atoms with van der Waals surface area (Å²) >= 11 is 0. The van der Waals surface area contributed by atoms with Crippen LogP contribution in [0, 0.1) is 11.3 Å². The number of benzene rings is 2. The van der Waals surface area contributed by atoms with Crippen molar-refractivity contribution in [1.82, 2.24) is 19.2 Å². The average Bonchev–Trinajstić information content (AvgIpc) is 3.09. The summed E-state index contributed by atoms with van der Waals surface area (Å²) in [6.07, 6.45) is 2.80. The maximum Gasteiger partial charge on any atom is 0.310 e. The Hall–Kier alpha value is -3.46. The van der Waals surface area contributed by atoms with Crippen LogP contribution in [0.1, 0.15) is 17.7 Å². The van der Waals surface area contributed by atoms with Crippen LogP contribution in [-0.4, -0.2) is 52.4 Å². The highest BCUT2D eigenvalue weighted by atomic mass is 32.5. The molecule has 1 saturated heterocycles. The van der Waals surface area contributed by atoms with E-state index in [-0.39, 0.29) is 0 Å². The Bertz CT molecular complexity index is 1530. The van der Waals surface area contributed by atoms with Crippen molar-refractivity contribution in [1.29, 1.82) is 5.26 Å². The number of hydrogen-bond donors (Lipinski definition) is 0. The summed E-state index contributed by atoms with van der Waals surface area (Å²) in [4.78, 5) is 7.56. The lowest BCUT2D eigenvalue weighted by Crippen LogP contribution is -2.29. The van der Waals surface area contributed by atoms with E-state index in [0.29, 0.717) is 41.0 Å². The van der Waals surface area contributed by atoms with Gasteiger partial charge in [-0.2, -0.15) is 5.26 Å². The first kappa shape index (κ1) is 26.2. The normalized spacial score (nSPS) is 17.5. The summed E-state index contributed by atoms with van der Waals surface area (Å²) in [6, 6.07) is 15.8. The van der Waals surface area contributed by atoms with Crippen molar-refractivity contribution < 1.29 is 19.4 Å². The van der Waals surface area contributed by atoms with E-state index in [1.807, 2.05) is 16.5 Å². The summed E-state index contributed by atoms with van der Waals surface area (Å²) in [7, 11) is -7.65. The smallest absolute Gasteiger partial charge is 0.305 e. The maximum atomic E-state index is 13.2. The monoisotopic (exact) mass is 547 g/mol. The largest absolute Gasteiger partial charge is 0.310 e. The molecule has 0 spiro atoms. The molecule has 200 valence electrons. The van der Waals surface area contributed by atoms with Gasteiger partial charge in [0.2, 0.25) is 0 Å². The van der Waals surface area contributed by atoms with Crippen molar-refractivity contribution in [3.05, 3.63) is 78.1 Å². The van der Waals surface area contributed by atoms with Crippen molar-refractivity contribution in [2.75, 3.05) is 33.2 Å². The fourth-order valence-electron chi connectivity index (χ4n) is 4.72. The Kier molecular flexibility index (Phi) is 6.06. The molecule has 0 unspecified atom stereocenters. The molecule has 0 atom stereocenters. The molecule has 5 rings (SSSR count). The Labute approximate surface area is 217 Å². The molecule has 0 N–H and O–H groups in total. The van der Waals surface area contributed by atoms with Gasteiger partial charge in [-0.1, -0.05) is 43.7 Å². The summed E-state index contributed by atoms with van der Waals surface area (Å²) in [5, 5.41) is 9.18. The van der Waals surface area contributed by atoms with Gasteiger partial charge in [0.15, 0.2) is 0 Å². The van der Waals surface area contributed by atoms with Crippen molar-refractivity contribution in [2.24, 2.45) is 0 Å². The predicted molar refractivity (Wildman–Crippen MR) is 140 cm³/mol. The van der Waals surface area contributed by atoms with Gasteiger partial charge in [0.25, 0.3) is 0 Å². The lowest BCUT2D eigenvalue weighted by atomic mass is 10.1. The van der Waals surface area contributed by atoms with Crippen LogP contribution in [0.15, 0.2) is 71.8 Å². The van der Waals surface area contributed by atoms with Gasteiger partial charge >= 0.3 is 10.2 Å². The Morgan fingerprint density at radius 1 is 0.816 bits per heavy atom. The Morgan fingerprint density at radius 3 is 2.13 bits per heavy atom. The van der Waals surface area contributed by atoms with E-state index < -0.39 is 15.1 Å². The van der Waals surface area contributed by atoms with Crippen LogP contribution < -0.4 is 0 Å². The number of likely N-dealkylation sites (N-methyl/N-ethyl adjacent to an activating group) is 1. The van der Waals surface area contributed by atoms with E-state index in [1.165, 1.54) is 0 Å². The zero-order valence-corrected chi connectivity index (χ0v) is 21.4. The van der Waals surface area contributed by atoms with Gasteiger partial charge in [-0.15, -0.1) is 0 Å². The van der Waals surface area contributed by atoms with E-state index in [9.17, 15) is 24.7 Å².